The second kappa shape index (κ2) is 3.11. The van der Waals surface area contributed by atoms with E-state index in [4.69, 9.17) is 5.26 Å². The van der Waals surface area contributed by atoms with Crippen LogP contribution in [0.4, 0.5) is 0 Å². The molecule has 0 aliphatic carbocycles. The van der Waals surface area contributed by atoms with Gasteiger partial charge in [-0.2, -0.15) is 5.26 Å². The van der Waals surface area contributed by atoms with Crippen LogP contribution in [-0.4, -0.2) is 19.9 Å². The first-order valence-electron chi connectivity index (χ1n) is 3.69. The predicted octanol–water partition coefficient (Wildman–Crippen LogP) is 0.486. The molecule has 0 amide bonds. The van der Waals surface area contributed by atoms with Gasteiger partial charge in [-0.1, -0.05) is 0 Å². The number of nitriles is 1. The van der Waals surface area contributed by atoms with Crippen molar-refractivity contribution in [3.8, 4) is 6.07 Å². The van der Waals surface area contributed by atoms with Gasteiger partial charge in [0.25, 0.3) is 0 Å². The molecule has 0 radical (unpaired) electrons. The fourth-order valence-electron chi connectivity index (χ4n) is 0.980. The third kappa shape index (κ3) is 1.42. The van der Waals surface area contributed by atoms with Crippen molar-refractivity contribution >= 4 is 11.2 Å². The molecule has 0 aliphatic rings. The second-order valence-corrected chi connectivity index (χ2v) is 2.43. The molecular formula is C8H5N5. The topological polar surface area (TPSA) is 75.3 Å². The number of hydrogen-bond donors (Lipinski definition) is 0. The van der Waals surface area contributed by atoms with Crippen molar-refractivity contribution < 1.29 is 0 Å². The van der Waals surface area contributed by atoms with E-state index < -0.39 is 0 Å². The van der Waals surface area contributed by atoms with Crippen LogP contribution in [0.1, 0.15) is 5.69 Å². The van der Waals surface area contributed by atoms with E-state index in [1.54, 1.807) is 12.4 Å². The van der Waals surface area contributed by atoms with Crippen LogP contribution in [0, 0.1) is 11.3 Å². The van der Waals surface area contributed by atoms with E-state index in [0.717, 1.165) is 0 Å². The highest BCUT2D eigenvalue weighted by Crippen LogP contribution is 2.03. The van der Waals surface area contributed by atoms with E-state index >= 15 is 0 Å². The van der Waals surface area contributed by atoms with Crippen molar-refractivity contribution in [2.75, 3.05) is 0 Å². The third-order valence-corrected chi connectivity index (χ3v) is 1.53. The van der Waals surface area contributed by atoms with Gasteiger partial charge in [-0.25, -0.2) is 19.9 Å². The van der Waals surface area contributed by atoms with Gasteiger partial charge in [-0.05, 0) is 0 Å². The van der Waals surface area contributed by atoms with E-state index in [1.165, 1.54) is 6.33 Å². The summed E-state index contributed by atoms with van der Waals surface area (Å²) in [6.07, 6.45) is 4.81. The molecule has 0 unspecified atom stereocenters. The molecule has 0 aliphatic heterocycles. The maximum Gasteiger partial charge on any atom is 0.181 e. The van der Waals surface area contributed by atoms with Gasteiger partial charge in [-0.15, -0.1) is 0 Å². The Bertz CT molecular complexity index is 473. The first-order valence-corrected chi connectivity index (χ1v) is 3.69. The molecule has 0 spiro atoms. The van der Waals surface area contributed by atoms with Gasteiger partial charge >= 0.3 is 0 Å². The molecule has 0 aromatic carbocycles. The number of rotatable bonds is 1. The standard InChI is InChI=1S/C8H5N5/c9-2-1-6-3-11-8-7(13-6)4-10-5-12-8/h3-5H,1H2. The summed E-state index contributed by atoms with van der Waals surface area (Å²) in [7, 11) is 0. The van der Waals surface area contributed by atoms with Crippen LogP contribution in [0.25, 0.3) is 11.2 Å². The minimum atomic E-state index is 0.262. The molecule has 13 heavy (non-hydrogen) atoms. The molecule has 0 fully saturated rings. The van der Waals surface area contributed by atoms with E-state index in [0.29, 0.717) is 16.9 Å². The molecule has 0 bridgehead atoms. The summed E-state index contributed by atoms with van der Waals surface area (Å²) in [4.78, 5) is 15.9. The Morgan fingerprint density at radius 3 is 3.08 bits per heavy atom. The third-order valence-electron chi connectivity index (χ3n) is 1.53. The van der Waals surface area contributed by atoms with Crippen molar-refractivity contribution in [1.29, 1.82) is 5.26 Å². The van der Waals surface area contributed by atoms with Crippen LogP contribution in [0.3, 0.4) is 0 Å². The van der Waals surface area contributed by atoms with Gasteiger partial charge < -0.3 is 0 Å². The summed E-state index contributed by atoms with van der Waals surface area (Å²) in [6, 6.07) is 2.01. The van der Waals surface area contributed by atoms with E-state index in [2.05, 4.69) is 19.9 Å². The van der Waals surface area contributed by atoms with E-state index in [1.807, 2.05) is 6.07 Å². The largest absolute Gasteiger partial charge is 0.245 e. The zero-order valence-electron chi connectivity index (χ0n) is 6.68. The van der Waals surface area contributed by atoms with Crippen LogP contribution >= 0.6 is 0 Å². The van der Waals surface area contributed by atoms with Crippen molar-refractivity contribution in [2.45, 2.75) is 6.42 Å². The summed E-state index contributed by atoms with van der Waals surface area (Å²) in [6.45, 7) is 0. The predicted molar refractivity (Wildman–Crippen MR) is 44.4 cm³/mol. The Kier molecular flexibility index (Phi) is 1.81. The molecule has 0 atom stereocenters. The van der Waals surface area contributed by atoms with Crippen LogP contribution in [0.2, 0.25) is 0 Å². The molecule has 0 N–H and O–H groups in total. The van der Waals surface area contributed by atoms with Gasteiger partial charge in [0, 0.05) is 0 Å². The SMILES string of the molecule is N#CCc1cnc2ncncc2n1. The summed E-state index contributed by atoms with van der Waals surface area (Å²) >= 11 is 0. The molecule has 0 saturated heterocycles. The highest BCUT2D eigenvalue weighted by Gasteiger charge is 1.98. The average Bonchev–Trinajstić information content (AvgIpc) is 2.18. The Labute approximate surface area is 74.1 Å². The van der Waals surface area contributed by atoms with Crippen molar-refractivity contribution in [3.63, 3.8) is 0 Å². The molecule has 2 rings (SSSR count). The van der Waals surface area contributed by atoms with Crippen LogP contribution in [-0.2, 0) is 6.42 Å². The first-order chi connectivity index (χ1) is 6.40. The summed E-state index contributed by atoms with van der Waals surface area (Å²) in [5, 5.41) is 8.44. The zero-order chi connectivity index (χ0) is 9.10. The van der Waals surface area contributed by atoms with Gasteiger partial charge in [0.15, 0.2) is 5.65 Å². The summed E-state index contributed by atoms with van der Waals surface area (Å²) < 4.78 is 0. The monoisotopic (exact) mass is 171 g/mol. The fourth-order valence-corrected chi connectivity index (χ4v) is 0.980. The second-order valence-electron chi connectivity index (χ2n) is 2.43. The molecule has 2 heterocycles. The maximum atomic E-state index is 8.44. The lowest BCUT2D eigenvalue weighted by molar-refractivity contribution is 1.07. The number of aromatic nitrogens is 4. The highest BCUT2D eigenvalue weighted by atomic mass is 14.9. The van der Waals surface area contributed by atoms with Gasteiger partial charge in [0.2, 0.25) is 0 Å². The minimum Gasteiger partial charge on any atom is -0.245 e. The maximum absolute atomic E-state index is 8.44. The van der Waals surface area contributed by atoms with E-state index in [-0.39, 0.29) is 6.42 Å². The van der Waals surface area contributed by atoms with Crippen molar-refractivity contribution in [1.82, 2.24) is 19.9 Å². The zero-order valence-corrected chi connectivity index (χ0v) is 6.68. The molecule has 5 nitrogen and oxygen atoms in total. The molecule has 5 heteroatoms. The number of nitrogens with zero attached hydrogens (tertiary/aromatic N) is 5. The number of hydrogen-bond acceptors (Lipinski definition) is 5. The van der Waals surface area contributed by atoms with Crippen LogP contribution in [0.5, 0.6) is 0 Å². The van der Waals surface area contributed by atoms with Gasteiger partial charge in [0.1, 0.15) is 11.8 Å². The van der Waals surface area contributed by atoms with Gasteiger partial charge in [0.05, 0.1) is 30.6 Å². The Morgan fingerprint density at radius 2 is 2.23 bits per heavy atom. The number of fused-ring (bicyclic) bond motifs is 1. The van der Waals surface area contributed by atoms with Crippen molar-refractivity contribution in [2.24, 2.45) is 0 Å². The fraction of sp³-hybridized carbons (Fsp3) is 0.125. The molecule has 62 valence electrons. The minimum absolute atomic E-state index is 0.262. The molecular weight excluding hydrogens is 166 g/mol. The quantitative estimate of drug-likeness (QED) is 0.624. The Hall–Kier alpha value is -2.09. The average molecular weight is 171 g/mol. The lowest BCUT2D eigenvalue weighted by Gasteiger charge is -1.95. The lowest BCUT2D eigenvalue weighted by Crippen LogP contribution is -1.93. The Balaban J connectivity index is 2.57. The lowest BCUT2D eigenvalue weighted by atomic mass is 10.3. The smallest absolute Gasteiger partial charge is 0.181 e. The Morgan fingerprint density at radius 1 is 1.31 bits per heavy atom. The first kappa shape index (κ1) is 7.55. The molecule has 0 saturated carbocycles. The van der Waals surface area contributed by atoms with Gasteiger partial charge in [-0.3, -0.25) is 0 Å². The van der Waals surface area contributed by atoms with E-state index in [9.17, 15) is 0 Å². The normalized spacial score (nSPS) is 9.77. The highest BCUT2D eigenvalue weighted by molar-refractivity contribution is 5.67. The van der Waals surface area contributed by atoms with Crippen LogP contribution < -0.4 is 0 Å². The summed E-state index contributed by atoms with van der Waals surface area (Å²) in [5.74, 6) is 0. The molecule has 2 aromatic heterocycles. The van der Waals surface area contributed by atoms with Crippen LogP contribution in [0.15, 0.2) is 18.7 Å². The van der Waals surface area contributed by atoms with Crippen molar-refractivity contribution in [3.05, 3.63) is 24.4 Å². The molecule has 2 aromatic rings. The summed E-state index contributed by atoms with van der Waals surface area (Å²) in [5.41, 5.74) is 1.82.